The van der Waals surface area contributed by atoms with Gasteiger partial charge in [-0.05, 0) is 45.2 Å². The minimum atomic E-state index is 0.259. The molecule has 2 aliphatic rings. The first-order valence-corrected chi connectivity index (χ1v) is 11.0. The molecule has 1 aliphatic carbocycles. The number of anilines is 2. The van der Waals surface area contributed by atoms with Gasteiger partial charge in [0.05, 0.1) is 12.1 Å². The third kappa shape index (κ3) is 5.06. The molecule has 4 atom stereocenters. The minimum absolute atomic E-state index is 0.259. The standard InChI is InChI=1S/C25H32N4/c1-18-15-19(2)29-23-12-6-4-10-21(23)17-27-25-14-8-7-13-24(25)26-16-20-9-3-5-11-22(20)28-18/h3-6,9-12,16-19,24-25,28-29H,7-8,13-15H2,1-2H3/t18?,19?,24-,25-/m1/s1. The van der Waals surface area contributed by atoms with Crippen LogP contribution in [0.3, 0.4) is 0 Å². The zero-order valence-corrected chi connectivity index (χ0v) is 17.5. The van der Waals surface area contributed by atoms with E-state index in [4.69, 9.17) is 9.98 Å². The van der Waals surface area contributed by atoms with Crippen molar-refractivity contribution in [3.8, 4) is 0 Å². The van der Waals surface area contributed by atoms with Gasteiger partial charge in [-0.3, -0.25) is 9.98 Å². The maximum Gasteiger partial charge on any atom is 0.0723 e. The van der Waals surface area contributed by atoms with Crippen LogP contribution in [-0.4, -0.2) is 36.6 Å². The minimum Gasteiger partial charge on any atom is -0.382 e. The molecule has 2 unspecified atom stereocenters. The molecule has 0 amide bonds. The van der Waals surface area contributed by atoms with Crippen molar-refractivity contribution in [2.24, 2.45) is 9.98 Å². The maximum atomic E-state index is 5.00. The molecule has 0 aromatic heterocycles. The first-order valence-electron chi connectivity index (χ1n) is 11.0. The van der Waals surface area contributed by atoms with E-state index in [1.165, 1.54) is 12.8 Å². The summed E-state index contributed by atoms with van der Waals surface area (Å²) in [6, 6.07) is 18.2. The summed E-state index contributed by atoms with van der Waals surface area (Å²) >= 11 is 0. The van der Waals surface area contributed by atoms with Gasteiger partial charge in [0.2, 0.25) is 0 Å². The Kier molecular flexibility index (Phi) is 6.28. The van der Waals surface area contributed by atoms with E-state index in [-0.39, 0.29) is 12.1 Å². The Morgan fingerprint density at radius 3 is 1.62 bits per heavy atom. The van der Waals surface area contributed by atoms with Crippen molar-refractivity contribution in [3.05, 3.63) is 59.7 Å². The lowest BCUT2D eigenvalue weighted by Crippen LogP contribution is -2.27. The van der Waals surface area contributed by atoms with Crippen LogP contribution in [0.5, 0.6) is 0 Å². The zero-order valence-electron chi connectivity index (χ0n) is 17.5. The van der Waals surface area contributed by atoms with Gasteiger partial charge in [0, 0.05) is 47.0 Å². The zero-order chi connectivity index (χ0) is 20.1. The predicted molar refractivity (Wildman–Crippen MR) is 125 cm³/mol. The number of fused-ring (bicyclic) bond motifs is 3. The lowest BCUT2D eigenvalue weighted by Gasteiger charge is -2.25. The summed E-state index contributed by atoms with van der Waals surface area (Å²) in [7, 11) is 0. The van der Waals surface area contributed by atoms with E-state index in [1.807, 2.05) is 0 Å². The number of nitrogens with zero attached hydrogens (tertiary/aromatic N) is 2. The average molecular weight is 389 g/mol. The van der Waals surface area contributed by atoms with Gasteiger partial charge in [-0.15, -0.1) is 0 Å². The van der Waals surface area contributed by atoms with E-state index in [9.17, 15) is 0 Å². The van der Waals surface area contributed by atoms with Crippen molar-refractivity contribution in [2.45, 2.75) is 70.1 Å². The molecular formula is C25H32N4. The SMILES string of the molecule is CC1CC(C)Nc2ccccc2C=N[C@@H]2CCCC[C@H]2N=Cc2ccccc2N1. The fourth-order valence-corrected chi connectivity index (χ4v) is 4.45. The second-order valence-corrected chi connectivity index (χ2v) is 8.48. The molecule has 0 bridgehead atoms. The Balaban J connectivity index is 1.69. The van der Waals surface area contributed by atoms with Crippen LogP contribution < -0.4 is 10.6 Å². The maximum absolute atomic E-state index is 5.00. The lowest BCUT2D eigenvalue weighted by molar-refractivity contribution is 0.390. The van der Waals surface area contributed by atoms with Gasteiger partial charge in [0.15, 0.2) is 0 Å². The summed E-state index contributed by atoms with van der Waals surface area (Å²) in [6.07, 6.45) is 9.83. The monoisotopic (exact) mass is 388 g/mol. The number of benzene rings is 2. The highest BCUT2D eigenvalue weighted by Crippen LogP contribution is 2.26. The highest BCUT2D eigenvalue weighted by atomic mass is 15.0. The van der Waals surface area contributed by atoms with Crippen molar-refractivity contribution >= 4 is 23.8 Å². The third-order valence-corrected chi connectivity index (χ3v) is 5.94. The Hall–Kier alpha value is -2.62. The van der Waals surface area contributed by atoms with E-state index in [1.54, 1.807) is 0 Å². The molecule has 2 aromatic carbocycles. The summed E-state index contributed by atoms with van der Waals surface area (Å²) in [5.74, 6) is 0. The van der Waals surface area contributed by atoms with Crippen LogP contribution in [-0.2, 0) is 0 Å². The largest absolute Gasteiger partial charge is 0.382 e. The lowest BCUT2D eigenvalue weighted by atomic mass is 9.91. The molecule has 0 radical (unpaired) electrons. The highest BCUT2D eigenvalue weighted by molar-refractivity contribution is 5.89. The Bertz CT molecular complexity index is 801. The number of hydrogen-bond acceptors (Lipinski definition) is 4. The molecule has 1 aliphatic heterocycles. The van der Waals surface area contributed by atoms with Crippen LogP contribution in [0.25, 0.3) is 0 Å². The number of para-hydroxylation sites is 2. The Morgan fingerprint density at radius 1 is 0.690 bits per heavy atom. The number of rotatable bonds is 0. The van der Waals surface area contributed by atoms with Crippen LogP contribution in [0.15, 0.2) is 58.5 Å². The van der Waals surface area contributed by atoms with Gasteiger partial charge in [-0.2, -0.15) is 0 Å². The Labute approximate surface area is 174 Å². The predicted octanol–water partition coefficient (Wildman–Crippen LogP) is 5.54. The smallest absolute Gasteiger partial charge is 0.0723 e. The molecule has 2 N–H and O–H groups in total. The van der Waals surface area contributed by atoms with E-state index in [0.29, 0.717) is 12.1 Å². The summed E-state index contributed by atoms with van der Waals surface area (Å²) in [5, 5.41) is 7.39. The highest BCUT2D eigenvalue weighted by Gasteiger charge is 2.23. The second-order valence-electron chi connectivity index (χ2n) is 8.48. The molecule has 4 nitrogen and oxygen atoms in total. The summed E-state index contributed by atoms with van der Waals surface area (Å²) in [6.45, 7) is 4.49. The fourth-order valence-electron chi connectivity index (χ4n) is 4.45. The summed E-state index contributed by atoms with van der Waals surface area (Å²) in [4.78, 5) is 10.00. The van der Waals surface area contributed by atoms with Gasteiger partial charge in [-0.25, -0.2) is 0 Å². The summed E-state index contributed by atoms with van der Waals surface area (Å²) in [5.41, 5.74) is 4.63. The van der Waals surface area contributed by atoms with Crippen molar-refractivity contribution < 1.29 is 0 Å². The first-order chi connectivity index (χ1) is 14.2. The Morgan fingerprint density at radius 2 is 1.14 bits per heavy atom. The van der Waals surface area contributed by atoms with Crippen LogP contribution in [0.2, 0.25) is 0 Å². The molecule has 4 rings (SSSR count). The van der Waals surface area contributed by atoms with Crippen molar-refractivity contribution in [2.75, 3.05) is 10.6 Å². The molecule has 1 fully saturated rings. The van der Waals surface area contributed by atoms with Gasteiger partial charge < -0.3 is 10.6 Å². The molecule has 1 heterocycles. The molecule has 4 heteroatoms. The topological polar surface area (TPSA) is 48.8 Å². The molecule has 1 saturated carbocycles. The third-order valence-electron chi connectivity index (χ3n) is 5.94. The van der Waals surface area contributed by atoms with Gasteiger partial charge >= 0.3 is 0 Å². The van der Waals surface area contributed by atoms with Crippen molar-refractivity contribution in [3.63, 3.8) is 0 Å². The van der Waals surface area contributed by atoms with Gasteiger partial charge in [-0.1, -0.05) is 49.2 Å². The number of hydrogen-bond donors (Lipinski definition) is 2. The molecule has 29 heavy (non-hydrogen) atoms. The first kappa shape index (κ1) is 19.7. The molecule has 152 valence electrons. The van der Waals surface area contributed by atoms with E-state index in [2.05, 4.69) is 85.4 Å². The quantitative estimate of drug-likeness (QED) is 0.622. The summed E-state index contributed by atoms with van der Waals surface area (Å²) < 4.78 is 0. The normalized spacial score (nSPS) is 27.2. The van der Waals surface area contributed by atoms with E-state index >= 15 is 0 Å². The van der Waals surface area contributed by atoms with Gasteiger partial charge in [0.25, 0.3) is 0 Å². The van der Waals surface area contributed by atoms with Gasteiger partial charge in [0.1, 0.15) is 0 Å². The molecule has 0 saturated heterocycles. The van der Waals surface area contributed by atoms with E-state index < -0.39 is 0 Å². The van der Waals surface area contributed by atoms with E-state index in [0.717, 1.165) is 41.8 Å². The van der Waals surface area contributed by atoms with Crippen LogP contribution in [0, 0.1) is 0 Å². The number of nitrogens with one attached hydrogen (secondary N) is 2. The molecular weight excluding hydrogens is 356 g/mol. The molecule has 0 spiro atoms. The van der Waals surface area contributed by atoms with Crippen molar-refractivity contribution in [1.29, 1.82) is 0 Å². The molecule has 2 aromatic rings. The number of aliphatic imine (C=N–C) groups is 2. The van der Waals surface area contributed by atoms with Crippen molar-refractivity contribution in [1.82, 2.24) is 0 Å². The second kappa shape index (κ2) is 9.25. The van der Waals surface area contributed by atoms with Crippen LogP contribution in [0.1, 0.15) is 57.1 Å². The average Bonchev–Trinajstić information content (AvgIpc) is 2.72. The van der Waals surface area contributed by atoms with Crippen LogP contribution >= 0.6 is 0 Å². The van der Waals surface area contributed by atoms with Crippen LogP contribution in [0.4, 0.5) is 11.4 Å². The fraction of sp³-hybridized carbons (Fsp3) is 0.440.